The van der Waals surface area contributed by atoms with Crippen LogP contribution >= 0.6 is 23.2 Å². The van der Waals surface area contributed by atoms with Gasteiger partial charge < -0.3 is 10.2 Å². The van der Waals surface area contributed by atoms with E-state index in [2.05, 4.69) is 5.32 Å². The zero-order chi connectivity index (χ0) is 14.7. The summed E-state index contributed by atoms with van der Waals surface area (Å²) in [5.74, 6) is -0.138. The molecule has 0 aromatic heterocycles. The Hall–Kier alpha value is -1.26. The maximum Gasteiger partial charge on any atom is 0.226 e. The minimum Gasteiger partial charge on any atom is -0.339 e. The molecule has 1 aliphatic carbocycles. The van der Waals surface area contributed by atoms with Crippen molar-refractivity contribution in [1.82, 2.24) is 4.90 Å². The fraction of sp³-hybridized carbons (Fsp3) is 0.429. The Labute approximate surface area is 128 Å². The standard InChI is InChI=1S/C14H16Cl2N2O2/c1-9(19)18(13-2-3-13)5-4-14(20)17-12-7-10(15)6-11(16)8-12/h6-8,13H,2-5H2,1H3,(H,17,20). The zero-order valence-electron chi connectivity index (χ0n) is 11.2. The van der Waals surface area contributed by atoms with Crippen LogP contribution in [0.4, 0.5) is 5.69 Å². The molecule has 2 rings (SSSR count). The summed E-state index contributed by atoms with van der Waals surface area (Å²) in [6.07, 6.45) is 2.33. The van der Waals surface area contributed by atoms with E-state index < -0.39 is 0 Å². The van der Waals surface area contributed by atoms with Crippen LogP contribution in [0.3, 0.4) is 0 Å². The molecule has 1 aromatic rings. The molecule has 0 bridgehead atoms. The lowest BCUT2D eigenvalue weighted by molar-refractivity contribution is -0.129. The molecule has 0 spiro atoms. The van der Waals surface area contributed by atoms with Gasteiger partial charge in [0.1, 0.15) is 0 Å². The lowest BCUT2D eigenvalue weighted by Crippen LogP contribution is -2.33. The predicted octanol–water partition coefficient (Wildman–Crippen LogP) is 3.33. The summed E-state index contributed by atoms with van der Waals surface area (Å²) in [5.41, 5.74) is 0.563. The van der Waals surface area contributed by atoms with Crippen molar-refractivity contribution in [3.8, 4) is 0 Å². The number of benzene rings is 1. The van der Waals surface area contributed by atoms with Crippen molar-refractivity contribution in [2.24, 2.45) is 0 Å². The summed E-state index contributed by atoms with van der Waals surface area (Å²) in [7, 11) is 0. The molecular formula is C14H16Cl2N2O2. The van der Waals surface area contributed by atoms with Crippen LogP contribution in [0.25, 0.3) is 0 Å². The van der Waals surface area contributed by atoms with Crippen molar-refractivity contribution in [2.75, 3.05) is 11.9 Å². The third kappa shape index (κ3) is 4.39. The Kier molecular flexibility index (Phi) is 4.89. The molecule has 1 N–H and O–H groups in total. The molecule has 2 amide bonds. The number of anilines is 1. The van der Waals surface area contributed by atoms with Crippen LogP contribution < -0.4 is 5.32 Å². The summed E-state index contributed by atoms with van der Waals surface area (Å²) in [6.45, 7) is 1.98. The molecule has 6 heteroatoms. The maximum absolute atomic E-state index is 11.9. The number of amides is 2. The lowest BCUT2D eigenvalue weighted by Gasteiger charge is -2.20. The van der Waals surface area contributed by atoms with Crippen LogP contribution in [0.2, 0.25) is 10.0 Å². The van der Waals surface area contributed by atoms with Crippen molar-refractivity contribution in [3.63, 3.8) is 0 Å². The van der Waals surface area contributed by atoms with Crippen LogP contribution in [0.1, 0.15) is 26.2 Å². The minimum atomic E-state index is -0.157. The fourth-order valence-corrected chi connectivity index (χ4v) is 2.58. The van der Waals surface area contributed by atoms with Crippen molar-refractivity contribution in [2.45, 2.75) is 32.2 Å². The smallest absolute Gasteiger partial charge is 0.226 e. The Balaban J connectivity index is 1.87. The zero-order valence-corrected chi connectivity index (χ0v) is 12.7. The van der Waals surface area contributed by atoms with Crippen LogP contribution in [0.5, 0.6) is 0 Å². The third-order valence-corrected chi connectivity index (χ3v) is 3.55. The molecule has 0 unspecified atom stereocenters. The number of carbonyl (C=O) groups excluding carboxylic acids is 2. The molecule has 1 aliphatic rings. The van der Waals surface area contributed by atoms with Gasteiger partial charge >= 0.3 is 0 Å². The van der Waals surface area contributed by atoms with E-state index in [-0.39, 0.29) is 18.2 Å². The molecule has 0 radical (unpaired) electrons. The van der Waals surface area contributed by atoms with Gasteiger partial charge in [0.15, 0.2) is 0 Å². The second-order valence-electron chi connectivity index (χ2n) is 4.90. The first-order valence-electron chi connectivity index (χ1n) is 6.49. The lowest BCUT2D eigenvalue weighted by atomic mass is 10.3. The second-order valence-corrected chi connectivity index (χ2v) is 5.77. The molecule has 1 fully saturated rings. The topological polar surface area (TPSA) is 49.4 Å². The van der Waals surface area contributed by atoms with Gasteiger partial charge in [0, 0.05) is 41.7 Å². The number of hydrogen-bond donors (Lipinski definition) is 1. The molecule has 108 valence electrons. The van der Waals surface area contributed by atoms with Crippen molar-refractivity contribution in [3.05, 3.63) is 28.2 Å². The van der Waals surface area contributed by atoms with E-state index in [0.29, 0.717) is 28.3 Å². The van der Waals surface area contributed by atoms with Gasteiger partial charge in [0.05, 0.1) is 0 Å². The Morgan fingerprint density at radius 3 is 2.35 bits per heavy atom. The van der Waals surface area contributed by atoms with E-state index in [1.165, 1.54) is 6.92 Å². The Morgan fingerprint density at radius 2 is 1.85 bits per heavy atom. The SMILES string of the molecule is CC(=O)N(CCC(=O)Nc1cc(Cl)cc(Cl)c1)C1CC1. The largest absolute Gasteiger partial charge is 0.339 e. The highest BCUT2D eigenvalue weighted by atomic mass is 35.5. The highest BCUT2D eigenvalue weighted by Gasteiger charge is 2.30. The molecule has 0 aliphatic heterocycles. The van der Waals surface area contributed by atoms with Gasteiger partial charge in [-0.05, 0) is 31.0 Å². The molecule has 0 saturated heterocycles. The number of halogens is 2. The third-order valence-electron chi connectivity index (χ3n) is 3.12. The number of hydrogen-bond acceptors (Lipinski definition) is 2. The van der Waals surface area contributed by atoms with Crippen molar-refractivity contribution >= 4 is 40.7 Å². The van der Waals surface area contributed by atoms with Crippen LogP contribution in [-0.2, 0) is 9.59 Å². The Bertz CT molecular complexity index is 510. The number of rotatable bonds is 5. The molecule has 0 heterocycles. The quantitative estimate of drug-likeness (QED) is 0.906. The van der Waals surface area contributed by atoms with E-state index in [1.807, 2.05) is 0 Å². The molecule has 20 heavy (non-hydrogen) atoms. The summed E-state index contributed by atoms with van der Waals surface area (Å²) in [4.78, 5) is 25.1. The first-order chi connectivity index (χ1) is 9.45. The second kappa shape index (κ2) is 6.46. The van der Waals surface area contributed by atoms with Crippen LogP contribution in [-0.4, -0.2) is 29.3 Å². The molecule has 1 saturated carbocycles. The Morgan fingerprint density at radius 1 is 1.25 bits per heavy atom. The van der Waals surface area contributed by atoms with Gasteiger partial charge in [-0.15, -0.1) is 0 Å². The first kappa shape index (κ1) is 15.1. The van der Waals surface area contributed by atoms with E-state index in [0.717, 1.165) is 12.8 Å². The highest BCUT2D eigenvalue weighted by Crippen LogP contribution is 2.27. The average molecular weight is 315 g/mol. The first-order valence-corrected chi connectivity index (χ1v) is 7.24. The van der Waals surface area contributed by atoms with Crippen molar-refractivity contribution < 1.29 is 9.59 Å². The minimum absolute atomic E-state index is 0.0195. The van der Waals surface area contributed by atoms with Crippen LogP contribution in [0.15, 0.2) is 18.2 Å². The van der Waals surface area contributed by atoms with Gasteiger partial charge in [0.2, 0.25) is 11.8 Å². The number of nitrogens with zero attached hydrogens (tertiary/aromatic N) is 1. The maximum atomic E-state index is 11.9. The van der Waals surface area contributed by atoms with Crippen LogP contribution in [0, 0.1) is 0 Å². The van der Waals surface area contributed by atoms with E-state index in [1.54, 1.807) is 23.1 Å². The van der Waals surface area contributed by atoms with Gasteiger partial charge in [0.25, 0.3) is 0 Å². The van der Waals surface area contributed by atoms with Gasteiger partial charge in [-0.2, -0.15) is 0 Å². The highest BCUT2D eigenvalue weighted by molar-refractivity contribution is 6.35. The van der Waals surface area contributed by atoms with Gasteiger partial charge in [-0.3, -0.25) is 9.59 Å². The fourth-order valence-electron chi connectivity index (χ4n) is 2.05. The average Bonchev–Trinajstić information content (AvgIpc) is 3.11. The molecule has 1 aromatic carbocycles. The normalized spacial score (nSPS) is 13.9. The van der Waals surface area contributed by atoms with E-state index in [4.69, 9.17) is 23.2 Å². The summed E-state index contributed by atoms with van der Waals surface area (Å²) in [6, 6.07) is 5.19. The molecule has 4 nitrogen and oxygen atoms in total. The van der Waals surface area contributed by atoms with Gasteiger partial charge in [-0.25, -0.2) is 0 Å². The summed E-state index contributed by atoms with van der Waals surface area (Å²) < 4.78 is 0. The molecular weight excluding hydrogens is 299 g/mol. The number of carbonyl (C=O) groups is 2. The van der Waals surface area contributed by atoms with E-state index >= 15 is 0 Å². The number of nitrogens with one attached hydrogen (secondary N) is 1. The van der Waals surface area contributed by atoms with Gasteiger partial charge in [-0.1, -0.05) is 23.2 Å². The van der Waals surface area contributed by atoms with Crippen molar-refractivity contribution in [1.29, 1.82) is 0 Å². The predicted molar refractivity (Wildman–Crippen MR) is 80.1 cm³/mol. The molecule has 0 atom stereocenters. The monoisotopic (exact) mass is 314 g/mol. The summed E-state index contributed by atoms with van der Waals surface area (Å²) in [5, 5.41) is 3.67. The summed E-state index contributed by atoms with van der Waals surface area (Å²) >= 11 is 11.7. The van der Waals surface area contributed by atoms with E-state index in [9.17, 15) is 9.59 Å².